The SMILES string of the molecule is CCCC1CC1NC(=O)N(C)C1COCC1C(=O)O. The van der Waals surface area contributed by atoms with Crippen LogP contribution in [-0.4, -0.2) is 54.4 Å². The molecule has 2 rings (SSSR count). The summed E-state index contributed by atoms with van der Waals surface area (Å²) < 4.78 is 5.18. The molecule has 0 radical (unpaired) electrons. The van der Waals surface area contributed by atoms with E-state index in [-0.39, 0.29) is 24.7 Å². The second-order valence-corrected chi connectivity index (χ2v) is 5.50. The molecule has 2 N–H and O–H groups in total. The molecule has 0 aromatic rings. The van der Waals surface area contributed by atoms with Gasteiger partial charge in [0.2, 0.25) is 0 Å². The first-order valence-corrected chi connectivity index (χ1v) is 6.88. The molecule has 1 heterocycles. The number of urea groups is 1. The van der Waals surface area contributed by atoms with Crippen LogP contribution in [0.25, 0.3) is 0 Å². The third kappa shape index (κ3) is 3.18. The number of hydrogen-bond acceptors (Lipinski definition) is 3. The van der Waals surface area contributed by atoms with Crippen molar-refractivity contribution >= 4 is 12.0 Å². The van der Waals surface area contributed by atoms with Crippen LogP contribution in [0.2, 0.25) is 0 Å². The van der Waals surface area contributed by atoms with Gasteiger partial charge in [0.05, 0.1) is 19.3 Å². The molecule has 1 aliphatic heterocycles. The molecule has 0 aromatic carbocycles. The molecule has 0 bridgehead atoms. The average Bonchev–Trinajstić information content (AvgIpc) is 2.92. The number of carboxylic acids is 1. The highest BCUT2D eigenvalue weighted by atomic mass is 16.5. The van der Waals surface area contributed by atoms with Gasteiger partial charge in [-0.2, -0.15) is 0 Å². The van der Waals surface area contributed by atoms with E-state index in [9.17, 15) is 9.59 Å². The van der Waals surface area contributed by atoms with Crippen LogP contribution in [-0.2, 0) is 9.53 Å². The van der Waals surface area contributed by atoms with Gasteiger partial charge in [0.25, 0.3) is 0 Å². The summed E-state index contributed by atoms with van der Waals surface area (Å²) in [7, 11) is 1.64. The van der Waals surface area contributed by atoms with Gasteiger partial charge in [0.15, 0.2) is 0 Å². The number of nitrogens with one attached hydrogen (secondary N) is 1. The minimum absolute atomic E-state index is 0.180. The summed E-state index contributed by atoms with van der Waals surface area (Å²) in [6, 6.07) is -0.299. The molecule has 2 aliphatic rings. The molecule has 4 unspecified atom stereocenters. The fourth-order valence-corrected chi connectivity index (χ4v) is 2.69. The number of rotatable bonds is 5. The Bertz CT molecular complexity index is 361. The highest BCUT2D eigenvalue weighted by Crippen LogP contribution is 2.34. The predicted octanol–water partition coefficient (Wildman–Crippen LogP) is 0.916. The van der Waals surface area contributed by atoms with Crippen molar-refractivity contribution in [3.8, 4) is 0 Å². The minimum Gasteiger partial charge on any atom is -0.481 e. The average molecular weight is 270 g/mol. The van der Waals surface area contributed by atoms with Gasteiger partial charge in [-0.25, -0.2) is 4.79 Å². The lowest BCUT2D eigenvalue weighted by Gasteiger charge is -2.26. The van der Waals surface area contributed by atoms with E-state index in [0.29, 0.717) is 12.5 Å². The molecule has 6 nitrogen and oxygen atoms in total. The summed E-state index contributed by atoms with van der Waals surface area (Å²) in [4.78, 5) is 24.6. The standard InChI is InChI=1S/C13H22N2O4/c1-3-4-8-5-10(8)14-13(18)15(2)11-7-19-6-9(11)12(16)17/h8-11H,3-7H2,1-2H3,(H,14,18)(H,16,17). The van der Waals surface area contributed by atoms with E-state index in [1.54, 1.807) is 7.05 Å². The Morgan fingerprint density at radius 1 is 1.42 bits per heavy atom. The summed E-state index contributed by atoms with van der Waals surface area (Å²) >= 11 is 0. The molecule has 2 fully saturated rings. The first-order chi connectivity index (χ1) is 9.04. The number of carboxylic acid groups (broad SMARTS) is 1. The van der Waals surface area contributed by atoms with Gasteiger partial charge in [-0.05, 0) is 18.8 Å². The summed E-state index contributed by atoms with van der Waals surface area (Å²) in [5.74, 6) is -0.934. The second-order valence-electron chi connectivity index (χ2n) is 5.50. The Morgan fingerprint density at radius 3 is 2.79 bits per heavy atom. The van der Waals surface area contributed by atoms with Gasteiger partial charge in [-0.15, -0.1) is 0 Å². The Hall–Kier alpha value is -1.30. The Labute approximate surface area is 113 Å². The van der Waals surface area contributed by atoms with E-state index in [2.05, 4.69) is 12.2 Å². The number of aliphatic carboxylic acids is 1. The van der Waals surface area contributed by atoms with Crippen LogP contribution >= 0.6 is 0 Å². The number of amides is 2. The maximum atomic E-state index is 12.1. The van der Waals surface area contributed by atoms with Crippen molar-refractivity contribution in [3.63, 3.8) is 0 Å². The van der Waals surface area contributed by atoms with E-state index in [1.807, 2.05) is 0 Å². The van der Waals surface area contributed by atoms with E-state index in [0.717, 1.165) is 19.3 Å². The zero-order chi connectivity index (χ0) is 14.0. The van der Waals surface area contributed by atoms with Crippen LogP contribution < -0.4 is 5.32 Å². The first-order valence-electron chi connectivity index (χ1n) is 6.88. The van der Waals surface area contributed by atoms with E-state index in [4.69, 9.17) is 9.84 Å². The van der Waals surface area contributed by atoms with Crippen molar-refractivity contribution in [2.45, 2.75) is 38.3 Å². The van der Waals surface area contributed by atoms with Crippen LogP contribution in [0.3, 0.4) is 0 Å². The van der Waals surface area contributed by atoms with Crippen LogP contribution in [0, 0.1) is 11.8 Å². The molecule has 1 aliphatic carbocycles. The van der Waals surface area contributed by atoms with Gasteiger partial charge < -0.3 is 20.1 Å². The van der Waals surface area contributed by atoms with Crippen LogP contribution in [0.15, 0.2) is 0 Å². The lowest BCUT2D eigenvalue weighted by atomic mass is 10.0. The molecule has 1 saturated carbocycles. The molecule has 0 spiro atoms. The zero-order valence-corrected chi connectivity index (χ0v) is 11.5. The van der Waals surface area contributed by atoms with Crippen LogP contribution in [0.1, 0.15) is 26.2 Å². The molecule has 108 valence electrons. The molecule has 6 heteroatoms. The van der Waals surface area contributed by atoms with Gasteiger partial charge in [-0.1, -0.05) is 13.3 Å². The highest BCUT2D eigenvalue weighted by molar-refractivity contribution is 5.77. The molecule has 19 heavy (non-hydrogen) atoms. The lowest BCUT2D eigenvalue weighted by Crippen LogP contribution is -2.49. The molecule has 0 aromatic heterocycles. The fourth-order valence-electron chi connectivity index (χ4n) is 2.69. The number of carbonyl (C=O) groups excluding carboxylic acids is 1. The number of likely N-dealkylation sites (N-methyl/N-ethyl adjacent to an activating group) is 1. The molecular weight excluding hydrogens is 248 g/mol. The summed E-state index contributed by atoms with van der Waals surface area (Å²) in [5, 5.41) is 12.0. The fraction of sp³-hybridized carbons (Fsp3) is 0.846. The Balaban J connectivity index is 1.84. The van der Waals surface area contributed by atoms with Gasteiger partial charge in [0.1, 0.15) is 5.92 Å². The minimum atomic E-state index is -0.905. The molecule has 2 amide bonds. The second kappa shape index (κ2) is 5.77. The highest BCUT2D eigenvalue weighted by Gasteiger charge is 2.41. The first kappa shape index (κ1) is 14.1. The van der Waals surface area contributed by atoms with Crippen molar-refractivity contribution < 1.29 is 19.4 Å². The quantitative estimate of drug-likeness (QED) is 0.778. The van der Waals surface area contributed by atoms with Crippen molar-refractivity contribution in [2.24, 2.45) is 11.8 Å². The van der Waals surface area contributed by atoms with Gasteiger partial charge in [0, 0.05) is 13.1 Å². The predicted molar refractivity (Wildman–Crippen MR) is 68.8 cm³/mol. The largest absolute Gasteiger partial charge is 0.481 e. The summed E-state index contributed by atoms with van der Waals surface area (Å²) in [5.41, 5.74) is 0. The smallest absolute Gasteiger partial charge is 0.317 e. The van der Waals surface area contributed by atoms with Crippen molar-refractivity contribution in [1.29, 1.82) is 0 Å². The Morgan fingerprint density at radius 2 is 2.16 bits per heavy atom. The van der Waals surface area contributed by atoms with E-state index >= 15 is 0 Å². The number of ether oxygens (including phenoxy) is 1. The lowest BCUT2D eigenvalue weighted by molar-refractivity contribution is -0.142. The maximum absolute atomic E-state index is 12.1. The normalized spacial score (nSPS) is 32.9. The number of nitrogens with zero attached hydrogens (tertiary/aromatic N) is 1. The molecule has 4 atom stereocenters. The van der Waals surface area contributed by atoms with Crippen LogP contribution in [0.5, 0.6) is 0 Å². The third-order valence-electron chi connectivity index (χ3n) is 4.08. The van der Waals surface area contributed by atoms with Gasteiger partial charge in [-0.3, -0.25) is 4.79 Å². The van der Waals surface area contributed by atoms with E-state index in [1.165, 1.54) is 4.90 Å². The zero-order valence-electron chi connectivity index (χ0n) is 11.5. The molecular formula is C13H22N2O4. The van der Waals surface area contributed by atoms with Crippen LogP contribution in [0.4, 0.5) is 4.79 Å². The number of hydrogen-bond donors (Lipinski definition) is 2. The summed E-state index contributed by atoms with van der Waals surface area (Å²) in [6.45, 7) is 2.61. The number of carbonyl (C=O) groups is 2. The molecule has 1 saturated heterocycles. The van der Waals surface area contributed by atoms with Crippen molar-refractivity contribution in [3.05, 3.63) is 0 Å². The van der Waals surface area contributed by atoms with Crippen molar-refractivity contribution in [2.75, 3.05) is 20.3 Å². The Kier molecular flexibility index (Phi) is 4.29. The van der Waals surface area contributed by atoms with E-state index < -0.39 is 11.9 Å². The monoisotopic (exact) mass is 270 g/mol. The maximum Gasteiger partial charge on any atom is 0.317 e. The van der Waals surface area contributed by atoms with Gasteiger partial charge >= 0.3 is 12.0 Å². The summed E-state index contributed by atoms with van der Waals surface area (Å²) in [6.07, 6.45) is 3.31. The third-order valence-corrected chi connectivity index (χ3v) is 4.08. The topological polar surface area (TPSA) is 78.9 Å². The van der Waals surface area contributed by atoms with Crippen molar-refractivity contribution in [1.82, 2.24) is 10.2 Å².